The third-order valence-corrected chi connectivity index (χ3v) is 13.1. The minimum Gasteiger partial charge on any atom is -0.387 e. The standard InChI is InChI=1S/C49H55N5O2S/c1-3-35-24-25-41-39(31-43(51-44(41)29-35)38-19-11-8-12-20-38)28-37-30-45(54(33-37)34(2)27-36-17-9-7-10-18-36)47(55)52-49-32-40(49)21-13-5-4-6-16-26-50-42-22-14-15-23-46(42)57-53-48(49)56/h7-13,15,17-21,23-25,29,31,37,40,45,50H,2-6,14,16,22,26-28,30,32-33H2,1H3,(H,52,55)(H,53,56)/b21-13-. The molecule has 2 fully saturated rings. The van der Waals surface area contributed by atoms with Gasteiger partial charge in [0.2, 0.25) is 5.91 Å². The monoisotopic (exact) mass is 777 g/mol. The Labute approximate surface area is 342 Å². The van der Waals surface area contributed by atoms with E-state index in [1.54, 1.807) is 0 Å². The minimum atomic E-state index is -0.985. The first-order valence-electron chi connectivity index (χ1n) is 21.0. The van der Waals surface area contributed by atoms with Gasteiger partial charge < -0.3 is 15.5 Å². The Bertz CT molecular complexity index is 2200. The zero-order valence-electron chi connectivity index (χ0n) is 33.1. The van der Waals surface area contributed by atoms with Crippen LogP contribution in [0.4, 0.5) is 0 Å². The van der Waals surface area contributed by atoms with Gasteiger partial charge in [0.15, 0.2) is 0 Å². The van der Waals surface area contributed by atoms with Crippen molar-refractivity contribution in [1.82, 2.24) is 25.2 Å². The number of aromatic nitrogens is 1. The third-order valence-electron chi connectivity index (χ3n) is 12.2. The first-order chi connectivity index (χ1) is 27.9. The molecule has 2 aliphatic carbocycles. The van der Waals surface area contributed by atoms with Crippen molar-refractivity contribution >= 4 is 34.7 Å². The summed E-state index contributed by atoms with van der Waals surface area (Å²) in [6.07, 6.45) is 18.6. The Morgan fingerprint density at radius 2 is 1.81 bits per heavy atom. The highest BCUT2D eigenvalue weighted by atomic mass is 32.2. The number of nitrogens with zero attached hydrogens (tertiary/aromatic N) is 2. The van der Waals surface area contributed by atoms with E-state index in [2.05, 4.69) is 119 Å². The molecule has 0 spiro atoms. The summed E-state index contributed by atoms with van der Waals surface area (Å²) in [7, 11) is 0. The molecule has 1 aromatic heterocycles. The molecule has 3 heterocycles. The Morgan fingerprint density at radius 3 is 2.63 bits per heavy atom. The normalized spacial score (nSPS) is 24.3. The van der Waals surface area contributed by atoms with Gasteiger partial charge in [-0.3, -0.25) is 14.3 Å². The molecule has 4 atom stereocenters. The molecule has 1 saturated carbocycles. The van der Waals surface area contributed by atoms with Crippen LogP contribution < -0.4 is 15.4 Å². The highest BCUT2D eigenvalue weighted by Gasteiger charge is 2.60. The van der Waals surface area contributed by atoms with Gasteiger partial charge in [0.1, 0.15) is 11.6 Å². The molecule has 4 unspecified atom stereocenters. The van der Waals surface area contributed by atoms with Crippen molar-refractivity contribution in [2.45, 2.75) is 89.1 Å². The number of rotatable bonds is 9. The van der Waals surface area contributed by atoms with Gasteiger partial charge in [0.25, 0.3) is 5.91 Å². The predicted octanol–water partition coefficient (Wildman–Crippen LogP) is 9.37. The van der Waals surface area contributed by atoms with Gasteiger partial charge in [0, 0.05) is 52.7 Å². The predicted molar refractivity (Wildman–Crippen MR) is 234 cm³/mol. The van der Waals surface area contributed by atoms with Gasteiger partial charge in [0.05, 0.1) is 11.2 Å². The minimum absolute atomic E-state index is 0.0496. The number of benzene rings is 3. The topological polar surface area (TPSA) is 86.4 Å². The van der Waals surface area contributed by atoms with Crippen LogP contribution in [0.25, 0.3) is 22.2 Å². The van der Waals surface area contributed by atoms with Gasteiger partial charge >= 0.3 is 0 Å². The first-order valence-corrected chi connectivity index (χ1v) is 21.8. The summed E-state index contributed by atoms with van der Waals surface area (Å²) < 4.78 is 3.17. The summed E-state index contributed by atoms with van der Waals surface area (Å²) in [6, 6.07) is 29.2. The largest absolute Gasteiger partial charge is 0.387 e. The maximum absolute atomic E-state index is 14.8. The highest BCUT2D eigenvalue weighted by Crippen LogP contribution is 2.46. The quantitative estimate of drug-likeness (QED) is 0.116. The van der Waals surface area contributed by atoms with E-state index in [4.69, 9.17) is 4.98 Å². The molecule has 3 aromatic carbocycles. The summed E-state index contributed by atoms with van der Waals surface area (Å²) in [4.78, 5) is 37.4. The molecule has 0 bridgehead atoms. The average Bonchev–Trinajstić information content (AvgIpc) is 3.77. The Kier molecular flexibility index (Phi) is 12.0. The van der Waals surface area contributed by atoms with E-state index < -0.39 is 11.6 Å². The maximum atomic E-state index is 14.8. The molecule has 3 N–H and O–H groups in total. The number of hydrogen-bond acceptors (Lipinski definition) is 6. The van der Waals surface area contributed by atoms with Gasteiger partial charge in [-0.1, -0.05) is 111 Å². The van der Waals surface area contributed by atoms with Crippen LogP contribution in [0.1, 0.15) is 75.0 Å². The van der Waals surface area contributed by atoms with E-state index in [0.29, 0.717) is 25.8 Å². The highest BCUT2D eigenvalue weighted by molar-refractivity contribution is 8.02. The molecule has 7 nitrogen and oxygen atoms in total. The van der Waals surface area contributed by atoms with Crippen LogP contribution in [0.15, 0.2) is 132 Å². The Morgan fingerprint density at radius 1 is 0.982 bits per heavy atom. The van der Waals surface area contributed by atoms with E-state index in [1.165, 1.54) is 28.8 Å². The number of amides is 2. The van der Waals surface area contributed by atoms with Crippen molar-refractivity contribution in [2.24, 2.45) is 11.8 Å². The molecule has 2 aliphatic heterocycles. The van der Waals surface area contributed by atoms with Crippen LogP contribution in [-0.4, -0.2) is 46.4 Å². The molecule has 8 heteroatoms. The summed E-state index contributed by atoms with van der Waals surface area (Å²) in [6.45, 7) is 8.39. The van der Waals surface area contributed by atoms with Crippen LogP contribution in [0.5, 0.6) is 0 Å². The van der Waals surface area contributed by atoms with Crippen LogP contribution in [-0.2, 0) is 28.9 Å². The number of nitrogens with one attached hydrogen (secondary N) is 3. The zero-order valence-corrected chi connectivity index (χ0v) is 34.0. The molecule has 4 aromatic rings. The van der Waals surface area contributed by atoms with Gasteiger partial charge in [-0.05, 0) is 111 Å². The van der Waals surface area contributed by atoms with E-state index in [1.807, 2.05) is 24.3 Å². The van der Waals surface area contributed by atoms with Crippen LogP contribution in [0.2, 0.25) is 0 Å². The lowest BCUT2D eigenvalue weighted by atomic mass is 9.92. The summed E-state index contributed by atoms with van der Waals surface area (Å²) in [5, 5.41) is 8.17. The lowest BCUT2D eigenvalue weighted by molar-refractivity contribution is -0.131. The first kappa shape index (κ1) is 38.8. The number of carbonyl (C=O) groups excluding carboxylic acids is 2. The maximum Gasteiger partial charge on any atom is 0.256 e. The Balaban J connectivity index is 1.07. The zero-order chi connectivity index (χ0) is 39.2. The van der Waals surface area contributed by atoms with Crippen molar-refractivity contribution < 1.29 is 9.59 Å². The SMILES string of the molecule is C=C(Cc1ccccc1)N1CC(Cc2cc(-c3ccccc3)nc3cc(CC)ccc23)CC1C(=O)NC12CC1/C=C\CCCCCNC1=C(C=CCC1)SNC2=O. The lowest BCUT2D eigenvalue weighted by Gasteiger charge is -2.30. The molecule has 57 heavy (non-hydrogen) atoms. The van der Waals surface area contributed by atoms with Crippen molar-refractivity contribution in [3.8, 4) is 11.3 Å². The third kappa shape index (κ3) is 8.91. The number of likely N-dealkylation sites (tertiary alicyclic amines) is 1. The number of fused-ring (bicyclic) bond motifs is 2. The Hall–Kier alpha value is -5.08. The second kappa shape index (κ2) is 17.6. The smallest absolute Gasteiger partial charge is 0.256 e. The fraction of sp³-hybridized carbons (Fsp3) is 0.367. The fourth-order valence-electron chi connectivity index (χ4n) is 8.86. The molecular formula is C49H55N5O2S. The molecule has 2 amide bonds. The van der Waals surface area contributed by atoms with E-state index >= 15 is 0 Å². The molecular weight excluding hydrogens is 723 g/mol. The fourth-order valence-corrected chi connectivity index (χ4v) is 9.71. The number of hydrogen-bond donors (Lipinski definition) is 3. The van der Waals surface area contributed by atoms with E-state index in [-0.39, 0.29) is 23.7 Å². The summed E-state index contributed by atoms with van der Waals surface area (Å²) in [5.74, 6) is -0.0964. The second-order valence-electron chi connectivity index (χ2n) is 16.2. The number of aryl methyl sites for hydroxylation is 1. The van der Waals surface area contributed by atoms with Crippen molar-refractivity contribution in [1.29, 1.82) is 0 Å². The number of pyridine rings is 1. The van der Waals surface area contributed by atoms with Gasteiger partial charge in [-0.2, -0.15) is 0 Å². The van der Waals surface area contributed by atoms with Crippen molar-refractivity contribution in [3.63, 3.8) is 0 Å². The summed E-state index contributed by atoms with van der Waals surface area (Å²) >= 11 is 1.37. The lowest BCUT2D eigenvalue weighted by Crippen LogP contribution is -2.54. The molecule has 0 radical (unpaired) electrons. The van der Waals surface area contributed by atoms with E-state index in [0.717, 1.165) is 96.2 Å². The molecule has 1 saturated heterocycles. The van der Waals surface area contributed by atoms with Gasteiger partial charge in [-0.25, -0.2) is 4.98 Å². The van der Waals surface area contributed by atoms with Crippen molar-refractivity contribution in [3.05, 3.63) is 149 Å². The van der Waals surface area contributed by atoms with E-state index in [9.17, 15) is 9.59 Å². The van der Waals surface area contributed by atoms with Gasteiger partial charge in [-0.15, -0.1) is 0 Å². The van der Waals surface area contributed by atoms with Crippen molar-refractivity contribution in [2.75, 3.05) is 13.1 Å². The molecule has 294 valence electrons. The molecule has 4 aliphatic rings. The molecule has 8 rings (SSSR count). The average molecular weight is 778 g/mol. The number of carbonyl (C=O) groups is 2. The summed E-state index contributed by atoms with van der Waals surface area (Å²) in [5.41, 5.74) is 7.85. The second-order valence-corrected chi connectivity index (χ2v) is 17.1. The van der Waals surface area contributed by atoms with Crippen LogP contribution >= 0.6 is 11.9 Å². The van der Waals surface area contributed by atoms with Crippen LogP contribution in [0.3, 0.4) is 0 Å². The van der Waals surface area contributed by atoms with Crippen LogP contribution in [0, 0.1) is 11.8 Å². The number of allylic oxidation sites excluding steroid dienone is 5.